The number of aryl methyl sites for hydroxylation is 1. The summed E-state index contributed by atoms with van der Waals surface area (Å²) in [7, 11) is 0. The van der Waals surface area contributed by atoms with E-state index >= 15 is 0 Å². The van der Waals surface area contributed by atoms with Crippen LogP contribution in [0.15, 0.2) is 6.07 Å². The second-order valence-electron chi connectivity index (χ2n) is 6.42. The third kappa shape index (κ3) is 2.92. The van der Waals surface area contributed by atoms with Gasteiger partial charge in [0.2, 0.25) is 11.9 Å². The van der Waals surface area contributed by atoms with Crippen LogP contribution in [0.3, 0.4) is 0 Å². The van der Waals surface area contributed by atoms with Crippen molar-refractivity contribution in [2.75, 3.05) is 18.0 Å². The Labute approximate surface area is 131 Å². The van der Waals surface area contributed by atoms with Crippen LogP contribution in [-0.4, -0.2) is 41.0 Å². The lowest BCUT2D eigenvalue weighted by molar-refractivity contribution is -0.122. The van der Waals surface area contributed by atoms with Crippen molar-refractivity contribution in [1.82, 2.24) is 15.3 Å². The predicted octanol–water partition coefficient (Wildman–Crippen LogP) is 1.09. The number of nitrogens with zero attached hydrogens (tertiary/aromatic N) is 3. The van der Waals surface area contributed by atoms with Gasteiger partial charge in [-0.15, -0.1) is 0 Å². The van der Waals surface area contributed by atoms with Crippen LogP contribution in [0.1, 0.15) is 49.9 Å². The van der Waals surface area contributed by atoms with Gasteiger partial charge >= 0.3 is 0 Å². The summed E-state index contributed by atoms with van der Waals surface area (Å²) in [6.45, 7) is 5.18. The maximum atomic E-state index is 12.3. The Kier molecular flexibility index (Phi) is 4.29. The smallest absolute Gasteiger partial charge is 0.242 e. The van der Waals surface area contributed by atoms with E-state index in [1.165, 1.54) is 19.3 Å². The van der Waals surface area contributed by atoms with Gasteiger partial charge in [0.25, 0.3) is 0 Å². The van der Waals surface area contributed by atoms with E-state index in [9.17, 15) is 4.79 Å². The summed E-state index contributed by atoms with van der Waals surface area (Å²) in [5.41, 5.74) is 8.16. The molecule has 2 heterocycles. The number of anilines is 1. The maximum Gasteiger partial charge on any atom is 0.242 e. The fourth-order valence-electron chi connectivity index (χ4n) is 3.25. The Morgan fingerprint density at radius 2 is 2.23 bits per heavy atom. The van der Waals surface area contributed by atoms with Crippen molar-refractivity contribution in [2.24, 2.45) is 5.73 Å². The first-order valence-electron chi connectivity index (χ1n) is 8.24. The zero-order valence-corrected chi connectivity index (χ0v) is 13.4. The van der Waals surface area contributed by atoms with Crippen molar-refractivity contribution < 1.29 is 4.79 Å². The van der Waals surface area contributed by atoms with Crippen LogP contribution < -0.4 is 16.0 Å². The average molecular weight is 303 g/mol. The maximum absolute atomic E-state index is 12.3. The molecule has 1 aliphatic carbocycles. The van der Waals surface area contributed by atoms with Gasteiger partial charge in [-0.25, -0.2) is 9.97 Å². The lowest BCUT2D eigenvalue weighted by Crippen LogP contribution is -2.44. The first kappa shape index (κ1) is 15.2. The van der Waals surface area contributed by atoms with Gasteiger partial charge in [-0.2, -0.15) is 0 Å². The minimum atomic E-state index is -0.258. The molecular weight excluding hydrogens is 278 g/mol. The first-order valence-corrected chi connectivity index (χ1v) is 8.24. The predicted molar refractivity (Wildman–Crippen MR) is 85.8 cm³/mol. The van der Waals surface area contributed by atoms with Crippen LogP contribution in [0.5, 0.6) is 0 Å². The van der Waals surface area contributed by atoms with Gasteiger partial charge in [-0.1, -0.05) is 6.42 Å². The second kappa shape index (κ2) is 6.20. The van der Waals surface area contributed by atoms with Crippen molar-refractivity contribution in [3.05, 3.63) is 17.5 Å². The number of carbonyl (C=O) groups is 1. The molecule has 0 aromatic carbocycles. The number of aromatic nitrogens is 2. The quantitative estimate of drug-likeness (QED) is 0.870. The summed E-state index contributed by atoms with van der Waals surface area (Å²) < 4.78 is 0. The molecule has 1 aromatic heterocycles. The summed E-state index contributed by atoms with van der Waals surface area (Å²) in [6.07, 6.45) is 4.34. The van der Waals surface area contributed by atoms with Crippen LogP contribution in [0.25, 0.3) is 0 Å². The molecule has 1 saturated carbocycles. The molecule has 0 radical (unpaired) electrons. The van der Waals surface area contributed by atoms with Gasteiger partial charge in [0.1, 0.15) is 6.04 Å². The van der Waals surface area contributed by atoms with E-state index in [-0.39, 0.29) is 18.0 Å². The van der Waals surface area contributed by atoms with Crippen LogP contribution in [0.2, 0.25) is 0 Å². The summed E-state index contributed by atoms with van der Waals surface area (Å²) in [5.74, 6) is 1.23. The Morgan fingerprint density at radius 3 is 2.86 bits per heavy atom. The molecule has 1 amide bonds. The number of hydrogen-bond donors (Lipinski definition) is 2. The molecule has 6 heteroatoms. The van der Waals surface area contributed by atoms with Crippen molar-refractivity contribution in [2.45, 2.75) is 57.5 Å². The molecule has 3 N–H and O–H groups in total. The Bertz CT molecular complexity index is 557. The number of amides is 1. The highest BCUT2D eigenvalue weighted by atomic mass is 16.2. The van der Waals surface area contributed by atoms with Crippen LogP contribution in [0.4, 0.5) is 5.95 Å². The zero-order chi connectivity index (χ0) is 15.7. The molecule has 0 unspecified atom stereocenters. The number of carbonyl (C=O) groups excluding carboxylic acids is 1. The molecule has 3 rings (SSSR count). The highest BCUT2D eigenvalue weighted by Gasteiger charge is 2.37. The van der Waals surface area contributed by atoms with E-state index in [2.05, 4.69) is 16.4 Å². The van der Waals surface area contributed by atoms with Gasteiger partial charge in [-0.05, 0) is 39.2 Å². The summed E-state index contributed by atoms with van der Waals surface area (Å²) in [4.78, 5) is 23.6. The first-order chi connectivity index (χ1) is 10.6. The molecule has 2 fully saturated rings. The van der Waals surface area contributed by atoms with E-state index in [1.807, 2.05) is 18.7 Å². The minimum Gasteiger partial charge on any atom is -0.355 e. The van der Waals surface area contributed by atoms with Gasteiger partial charge < -0.3 is 16.0 Å². The van der Waals surface area contributed by atoms with Crippen molar-refractivity contribution in [3.8, 4) is 0 Å². The van der Waals surface area contributed by atoms with Crippen molar-refractivity contribution >= 4 is 11.9 Å². The van der Waals surface area contributed by atoms with Gasteiger partial charge in [0.15, 0.2) is 0 Å². The van der Waals surface area contributed by atoms with Crippen molar-refractivity contribution in [1.29, 1.82) is 0 Å². The second-order valence-corrected chi connectivity index (χ2v) is 6.42. The lowest BCUT2D eigenvalue weighted by Gasteiger charge is -2.28. The molecule has 22 heavy (non-hydrogen) atoms. The van der Waals surface area contributed by atoms with Crippen molar-refractivity contribution in [3.63, 3.8) is 0 Å². The Hall–Kier alpha value is -1.69. The summed E-state index contributed by atoms with van der Waals surface area (Å²) in [5, 5.41) is 2.89. The lowest BCUT2D eigenvalue weighted by atomic mass is 9.83. The van der Waals surface area contributed by atoms with Gasteiger partial charge in [0.05, 0.1) is 0 Å². The monoisotopic (exact) mass is 303 g/mol. The zero-order valence-electron chi connectivity index (χ0n) is 13.4. The fraction of sp³-hybridized carbons (Fsp3) is 0.688. The number of nitrogens with one attached hydrogen (secondary N) is 1. The number of hydrogen-bond acceptors (Lipinski definition) is 5. The molecule has 1 aromatic rings. The average Bonchev–Trinajstić information content (AvgIpc) is 2.78. The van der Waals surface area contributed by atoms with E-state index < -0.39 is 0 Å². The normalized spacial score (nSPS) is 25.1. The Balaban J connectivity index is 1.87. The third-order valence-electron chi connectivity index (χ3n) is 4.63. The molecule has 2 aliphatic rings. The van der Waals surface area contributed by atoms with E-state index in [0.717, 1.165) is 11.4 Å². The fourth-order valence-corrected chi connectivity index (χ4v) is 3.25. The molecule has 2 atom stereocenters. The Morgan fingerprint density at radius 1 is 1.45 bits per heavy atom. The highest BCUT2D eigenvalue weighted by Crippen LogP contribution is 2.36. The number of nitrogens with two attached hydrogens (primary N) is 1. The van der Waals surface area contributed by atoms with Gasteiger partial charge in [-0.3, -0.25) is 4.79 Å². The molecule has 0 spiro atoms. The highest BCUT2D eigenvalue weighted by molar-refractivity contribution is 5.85. The van der Waals surface area contributed by atoms with E-state index in [4.69, 9.17) is 10.7 Å². The molecule has 1 saturated heterocycles. The van der Waals surface area contributed by atoms with E-state index in [1.54, 1.807) is 0 Å². The summed E-state index contributed by atoms with van der Waals surface area (Å²) >= 11 is 0. The molecule has 6 nitrogen and oxygen atoms in total. The largest absolute Gasteiger partial charge is 0.355 e. The van der Waals surface area contributed by atoms with E-state index in [0.29, 0.717) is 31.4 Å². The third-order valence-corrected chi connectivity index (χ3v) is 4.63. The van der Waals surface area contributed by atoms with Gasteiger partial charge in [0, 0.05) is 36.4 Å². The number of likely N-dealkylation sites (N-methyl/N-ethyl adjacent to an activating group) is 1. The minimum absolute atomic E-state index is 0.0103. The standard InChI is InChI=1S/C16H25N5O/c1-3-18-15(22)14-8-12(17)9-21(14)16-19-10(2)7-13(20-16)11-5-4-6-11/h7,11-12,14H,3-6,8-9,17H2,1-2H3,(H,18,22)/t12-,14-/m0/s1. The number of rotatable bonds is 4. The topological polar surface area (TPSA) is 84.1 Å². The van der Waals surface area contributed by atoms with Crippen LogP contribution in [-0.2, 0) is 4.79 Å². The van der Waals surface area contributed by atoms with Crippen LogP contribution >= 0.6 is 0 Å². The summed E-state index contributed by atoms with van der Waals surface area (Å²) in [6, 6.07) is 1.81. The molecule has 120 valence electrons. The molecular formula is C16H25N5O. The van der Waals surface area contributed by atoms with Crippen LogP contribution in [0, 0.1) is 6.92 Å². The molecule has 0 bridgehead atoms. The SMILES string of the molecule is CCNC(=O)[C@@H]1C[C@H](N)CN1c1nc(C)cc(C2CCC2)n1. The molecule has 1 aliphatic heterocycles.